The van der Waals surface area contributed by atoms with E-state index >= 15 is 0 Å². The minimum Gasteiger partial charge on any atom is -0.480 e. The molecule has 2 N–H and O–H groups in total. The fourth-order valence-corrected chi connectivity index (χ4v) is 2.91. The zero-order chi connectivity index (χ0) is 14.5. The van der Waals surface area contributed by atoms with E-state index in [1.807, 2.05) is 13.8 Å². The van der Waals surface area contributed by atoms with Gasteiger partial charge in [-0.15, -0.1) is 0 Å². The largest absolute Gasteiger partial charge is 0.480 e. The zero-order valence-electron chi connectivity index (χ0n) is 12.9. The van der Waals surface area contributed by atoms with Crippen LogP contribution in [0.2, 0.25) is 0 Å². The first kappa shape index (κ1) is 16.4. The SMILES string of the molecule is CC(C)NC(C)(CCN1CCCCCC1C)C(=O)O. The number of rotatable bonds is 6. The summed E-state index contributed by atoms with van der Waals surface area (Å²) in [6, 6.07) is 0.766. The van der Waals surface area contributed by atoms with Gasteiger partial charge in [-0.3, -0.25) is 10.1 Å². The molecule has 0 aromatic heterocycles. The molecule has 0 aliphatic carbocycles. The summed E-state index contributed by atoms with van der Waals surface area (Å²) in [5.41, 5.74) is -0.819. The Hall–Kier alpha value is -0.610. The molecule has 1 fully saturated rings. The maximum absolute atomic E-state index is 11.5. The third kappa shape index (κ3) is 5.11. The molecular weight excluding hydrogens is 240 g/mol. The summed E-state index contributed by atoms with van der Waals surface area (Å²) in [5, 5.41) is 12.7. The van der Waals surface area contributed by atoms with Crippen molar-refractivity contribution in [2.24, 2.45) is 0 Å². The van der Waals surface area contributed by atoms with Crippen LogP contribution in [0.4, 0.5) is 0 Å². The molecule has 0 aromatic rings. The second kappa shape index (κ2) is 7.25. The summed E-state index contributed by atoms with van der Waals surface area (Å²) < 4.78 is 0. The lowest BCUT2D eigenvalue weighted by Crippen LogP contribution is -2.54. The normalized spacial score (nSPS) is 25.0. The molecule has 2 unspecified atom stereocenters. The number of carboxylic acids is 1. The average Bonchev–Trinajstić information content (AvgIpc) is 2.50. The van der Waals surface area contributed by atoms with E-state index in [9.17, 15) is 9.90 Å². The monoisotopic (exact) mass is 270 g/mol. The van der Waals surface area contributed by atoms with Gasteiger partial charge in [0, 0.05) is 18.6 Å². The van der Waals surface area contributed by atoms with Gasteiger partial charge in [0.1, 0.15) is 5.54 Å². The van der Waals surface area contributed by atoms with Crippen LogP contribution in [0.15, 0.2) is 0 Å². The van der Waals surface area contributed by atoms with E-state index in [1.54, 1.807) is 6.92 Å². The van der Waals surface area contributed by atoms with Gasteiger partial charge in [-0.25, -0.2) is 0 Å². The molecule has 0 spiro atoms. The minimum atomic E-state index is -0.819. The maximum Gasteiger partial charge on any atom is 0.323 e. The van der Waals surface area contributed by atoms with E-state index in [2.05, 4.69) is 17.1 Å². The van der Waals surface area contributed by atoms with Gasteiger partial charge in [-0.05, 0) is 53.5 Å². The van der Waals surface area contributed by atoms with Gasteiger partial charge in [0.2, 0.25) is 0 Å². The first-order valence-electron chi connectivity index (χ1n) is 7.60. The van der Waals surface area contributed by atoms with E-state index in [0.29, 0.717) is 12.5 Å². The molecule has 1 aliphatic heterocycles. The van der Waals surface area contributed by atoms with Crippen molar-refractivity contribution >= 4 is 5.97 Å². The topological polar surface area (TPSA) is 52.6 Å². The summed E-state index contributed by atoms with van der Waals surface area (Å²) in [7, 11) is 0. The third-order valence-electron chi connectivity index (χ3n) is 4.17. The quantitative estimate of drug-likeness (QED) is 0.778. The van der Waals surface area contributed by atoms with Crippen LogP contribution in [0.3, 0.4) is 0 Å². The number of carbonyl (C=O) groups is 1. The highest BCUT2D eigenvalue weighted by atomic mass is 16.4. The Bertz CT molecular complexity index is 294. The fourth-order valence-electron chi connectivity index (χ4n) is 2.91. The van der Waals surface area contributed by atoms with Crippen LogP contribution in [-0.2, 0) is 4.79 Å². The molecule has 0 saturated carbocycles. The molecule has 4 heteroatoms. The van der Waals surface area contributed by atoms with Crippen molar-refractivity contribution in [3.05, 3.63) is 0 Å². The number of likely N-dealkylation sites (tertiary alicyclic amines) is 1. The van der Waals surface area contributed by atoms with E-state index in [-0.39, 0.29) is 6.04 Å². The highest BCUT2D eigenvalue weighted by Crippen LogP contribution is 2.19. The Balaban J connectivity index is 2.57. The van der Waals surface area contributed by atoms with Crippen molar-refractivity contribution in [3.63, 3.8) is 0 Å². The summed E-state index contributed by atoms with van der Waals surface area (Å²) >= 11 is 0. The van der Waals surface area contributed by atoms with Crippen LogP contribution in [-0.4, -0.2) is 46.7 Å². The summed E-state index contributed by atoms with van der Waals surface area (Å²) in [4.78, 5) is 14.0. The predicted octanol–water partition coefficient (Wildman–Crippen LogP) is 2.48. The molecule has 1 heterocycles. The Morgan fingerprint density at radius 3 is 2.68 bits per heavy atom. The molecule has 4 nitrogen and oxygen atoms in total. The fraction of sp³-hybridized carbons (Fsp3) is 0.933. The molecule has 1 aliphatic rings. The van der Waals surface area contributed by atoms with Gasteiger partial charge in [-0.1, -0.05) is 12.8 Å². The summed E-state index contributed by atoms with van der Waals surface area (Å²) in [5.74, 6) is -0.747. The lowest BCUT2D eigenvalue weighted by atomic mass is 9.96. The van der Waals surface area contributed by atoms with Crippen molar-refractivity contribution in [1.82, 2.24) is 10.2 Å². The zero-order valence-corrected chi connectivity index (χ0v) is 12.9. The number of hydrogen-bond donors (Lipinski definition) is 2. The maximum atomic E-state index is 11.5. The van der Waals surface area contributed by atoms with Crippen molar-refractivity contribution in [2.75, 3.05) is 13.1 Å². The predicted molar refractivity (Wildman–Crippen MR) is 78.4 cm³/mol. The van der Waals surface area contributed by atoms with Gasteiger partial charge in [0.15, 0.2) is 0 Å². The molecule has 0 radical (unpaired) electrons. The van der Waals surface area contributed by atoms with Gasteiger partial charge in [0.25, 0.3) is 0 Å². The molecule has 2 atom stereocenters. The molecule has 0 aromatic carbocycles. The highest BCUT2D eigenvalue weighted by molar-refractivity contribution is 5.78. The molecule has 0 bridgehead atoms. The highest BCUT2D eigenvalue weighted by Gasteiger charge is 2.34. The Morgan fingerprint density at radius 1 is 1.42 bits per heavy atom. The van der Waals surface area contributed by atoms with Crippen molar-refractivity contribution < 1.29 is 9.90 Å². The number of hydrogen-bond acceptors (Lipinski definition) is 3. The van der Waals surface area contributed by atoms with E-state index in [4.69, 9.17) is 0 Å². The first-order chi connectivity index (χ1) is 8.85. The standard InChI is InChI=1S/C15H30N2O2/c1-12(2)16-15(4,14(18)19)9-11-17-10-7-5-6-8-13(17)3/h12-13,16H,5-11H2,1-4H3,(H,18,19). The van der Waals surface area contributed by atoms with Crippen LogP contribution < -0.4 is 5.32 Å². The molecular formula is C15H30N2O2. The van der Waals surface area contributed by atoms with Crippen molar-refractivity contribution in [1.29, 1.82) is 0 Å². The Kier molecular flexibility index (Phi) is 6.27. The lowest BCUT2D eigenvalue weighted by Gasteiger charge is -2.33. The summed E-state index contributed by atoms with van der Waals surface area (Å²) in [6.07, 6.45) is 5.75. The van der Waals surface area contributed by atoms with Gasteiger partial charge >= 0.3 is 5.97 Å². The van der Waals surface area contributed by atoms with Crippen molar-refractivity contribution in [3.8, 4) is 0 Å². The number of carboxylic acid groups (broad SMARTS) is 1. The number of aliphatic carboxylic acids is 1. The van der Waals surface area contributed by atoms with E-state index < -0.39 is 11.5 Å². The smallest absolute Gasteiger partial charge is 0.323 e. The second-order valence-corrected chi connectivity index (χ2v) is 6.42. The Morgan fingerprint density at radius 2 is 2.11 bits per heavy atom. The van der Waals surface area contributed by atoms with Crippen LogP contribution in [0.25, 0.3) is 0 Å². The summed E-state index contributed by atoms with van der Waals surface area (Å²) in [6.45, 7) is 10.0. The van der Waals surface area contributed by atoms with Crippen LogP contribution in [0, 0.1) is 0 Å². The van der Waals surface area contributed by atoms with Gasteiger partial charge in [0.05, 0.1) is 0 Å². The molecule has 1 saturated heterocycles. The molecule has 1 rings (SSSR count). The van der Waals surface area contributed by atoms with Crippen LogP contribution in [0.1, 0.15) is 59.8 Å². The van der Waals surface area contributed by atoms with Crippen LogP contribution in [0.5, 0.6) is 0 Å². The van der Waals surface area contributed by atoms with Gasteiger partial charge < -0.3 is 10.0 Å². The molecule has 112 valence electrons. The average molecular weight is 270 g/mol. The molecule has 19 heavy (non-hydrogen) atoms. The first-order valence-corrected chi connectivity index (χ1v) is 7.60. The van der Waals surface area contributed by atoms with Crippen molar-refractivity contribution in [2.45, 2.75) is 77.4 Å². The number of nitrogens with one attached hydrogen (secondary N) is 1. The van der Waals surface area contributed by atoms with Crippen LogP contribution >= 0.6 is 0 Å². The second-order valence-electron chi connectivity index (χ2n) is 6.42. The van der Waals surface area contributed by atoms with E-state index in [1.165, 1.54) is 25.7 Å². The van der Waals surface area contributed by atoms with Gasteiger partial charge in [-0.2, -0.15) is 0 Å². The van der Waals surface area contributed by atoms with E-state index in [0.717, 1.165) is 13.1 Å². The third-order valence-corrected chi connectivity index (χ3v) is 4.17. The number of nitrogens with zero attached hydrogens (tertiary/aromatic N) is 1. The Labute approximate surface area is 117 Å². The lowest BCUT2D eigenvalue weighted by molar-refractivity contribution is -0.145. The minimum absolute atomic E-state index is 0.183. The molecule has 0 amide bonds.